The first-order valence-electron chi connectivity index (χ1n) is 8.85. The van der Waals surface area contributed by atoms with Gasteiger partial charge in [0.2, 0.25) is 11.7 Å². The molecule has 0 aliphatic rings. The van der Waals surface area contributed by atoms with Gasteiger partial charge in [0.25, 0.3) is 5.56 Å². The first kappa shape index (κ1) is 18.2. The Morgan fingerprint density at radius 2 is 1.89 bits per heavy atom. The van der Waals surface area contributed by atoms with Crippen LogP contribution >= 0.6 is 11.8 Å². The summed E-state index contributed by atoms with van der Waals surface area (Å²) in [5.41, 5.74) is 8.71. The second-order valence-corrected chi connectivity index (χ2v) is 7.62. The monoisotopic (exact) mass is 393 g/mol. The van der Waals surface area contributed by atoms with Crippen LogP contribution in [0.4, 0.5) is 0 Å². The lowest BCUT2D eigenvalue weighted by Gasteiger charge is -2.14. The Hall–Kier alpha value is -3.13. The topological polar surface area (TPSA) is 95.3 Å². The van der Waals surface area contributed by atoms with E-state index in [1.54, 1.807) is 10.6 Å². The molecule has 0 atom stereocenters. The summed E-state index contributed by atoms with van der Waals surface area (Å²) >= 11 is 1.39. The van der Waals surface area contributed by atoms with Crippen LogP contribution in [0.5, 0.6) is 0 Å². The number of rotatable bonds is 5. The van der Waals surface area contributed by atoms with Crippen molar-refractivity contribution >= 4 is 34.3 Å². The number of benzene rings is 2. The molecule has 0 aliphatic heterocycles. The number of nitrogens with two attached hydrogens (primary N) is 1. The van der Waals surface area contributed by atoms with E-state index in [0.29, 0.717) is 22.1 Å². The molecule has 1 amide bonds. The van der Waals surface area contributed by atoms with Gasteiger partial charge in [-0.25, -0.2) is 4.57 Å². The fourth-order valence-corrected chi connectivity index (χ4v) is 4.10. The highest BCUT2D eigenvalue weighted by atomic mass is 32.2. The Morgan fingerprint density at radius 3 is 2.68 bits per heavy atom. The lowest BCUT2D eigenvalue weighted by Crippen LogP contribution is -2.22. The quantitative estimate of drug-likeness (QED) is 0.526. The predicted molar refractivity (Wildman–Crippen MR) is 110 cm³/mol. The second kappa shape index (κ2) is 7.12. The van der Waals surface area contributed by atoms with Gasteiger partial charge in [-0.2, -0.15) is 0 Å². The van der Waals surface area contributed by atoms with Gasteiger partial charge in [-0.15, -0.1) is 10.2 Å². The van der Waals surface area contributed by atoms with Gasteiger partial charge in [0.1, 0.15) is 0 Å². The van der Waals surface area contributed by atoms with Crippen LogP contribution in [0.2, 0.25) is 0 Å². The highest BCUT2D eigenvalue weighted by Gasteiger charge is 2.19. The van der Waals surface area contributed by atoms with Gasteiger partial charge < -0.3 is 5.73 Å². The zero-order valence-corrected chi connectivity index (χ0v) is 16.4. The van der Waals surface area contributed by atoms with Crippen molar-refractivity contribution in [3.8, 4) is 5.69 Å². The van der Waals surface area contributed by atoms with Crippen LogP contribution in [-0.2, 0) is 4.79 Å². The van der Waals surface area contributed by atoms with E-state index in [9.17, 15) is 9.59 Å². The van der Waals surface area contributed by atoms with Crippen molar-refractivity contribution in [1.82, 2.24) is 19.2 Å². The molecule has 0 radical (unpaired) electrons. The van der Waals surface area contributed by atoms with E-state index in [-0.39, 0.29) is 17.9 Å². The van der Waals surface area contributed by atoms with Gasteiger partial charge in [0.15, 0.2) is 5.16 Å². The minimum Gasteiger partial charge on any atom is -0.370 e. The summed E-state index contributed by atoms with van der Waals surface area (Å²) in [4.78, 5) is 24.4. The average Bonchev–Trinajstić information content (AvgIpc) is 3.09. The third-order valence-corrected chi connectivity index (χ3v) is 5.72. The van der Waals surface area contributed by atoms with Crippen molar-refractivity contribution in [2.75, 3.05) is 5.75 Å². The van der Waals surface area contributed by atoms with E-state index in [4.69, 9.17) is 5.73 Å². The molecule has 28 heavy (non-hydrogen) atoms. The SMILES string of the molecule is Cc1cccc(-n2c(=O)c3ccccc3n3c(SCCC(N)=O)nnc23)c1C. The Balaban J connectivity index is 2.04. The number of hydrogen-bond donors (Lipinski definition) is 1. The van der Waals surface area contributed by atoms with E-state index in [0.717, 1.165) is 22.3 Å². The van der Waals surface area contributed by atoms with Gasteiger partial charge in [-0.3, -0.25) is 14.0 Å². The van der Waals surface area contributed by atoms with E-state index in [1.807, 2.05) is 54.6 Å². The molecule has 2 heterocycles. The zero-order chi connectivity index (χ0) is 19.8. The molecule has 2 N–H and O–H groups in total. The number of carbonyl (C=O) groups is 1. The second-order valence-electron chi connectivity index (χ2n) is 6.56. The van der Waals surface area contributed by atoms with Gasteiger partial charge in [-0.05, 0) is 43.2 Å². The van der Waals surface area contributed by atoms with E-state index < -0.39 is 0 Å². The first-order valence-corrected chi connectivity index (χ1v) is 9.84. The van der Waals surface area contributed by atoms with Crippen LogP contribution in [-0.4, -0.2) is 30.8 Å². The molecule has 142 valence electrons. The number of aromatic nitrogens is 4. The van der Waals surface area contributed by atoms with Gasteiger partial charge in [0.05, 0.1) is 16.6 Å². The number of nitrogens with zero attached hydrogens (tertiary/aromatic N) is 4. The Bertz CT molecular complexity index is 1280. The van der Waals surface area contributed by atoms with Gasteiger partial charge in [0, 0.05) is 12.2 Å². The smallest absolute Gasteiger partial charge is 0.267 e. The molecule has 0 unspecified atom stereocenters. The van der Waals surface area contributed by atoms with Crippen LogP contribution in [0.25, 0.3) is 22.4 Å². The Morgan fingerprint density at radius 1 is 1.11 bits per heavy atom. The highest BCUT2D eigenvalue weighted by molar-refractivity contribution is 7.99. The fourth-order valence-electron chi connectivity index (χ4n) is 3.21. The maximum Gasteiger partial charge on any atom is 0.267 e. The molecule has 7 nitrogen and oxygen atoms in total. The summed E-state index contributed by atoms with van der Waals surface area (Å²) in [5, 5.41) is 9.79. The first-order chi connectivity index (χ1) is 13.5. The van der Waals surface area contributed by atoms with Crippen molar-refractivity contribution in [2.45, 2.75) is 25.4 Å². The number of para-hydroxylation sites is 1. The van der Waals surface area contributed by atoms with Crippen molar-refractivity contribution in [3.05, 3.63) is 63.9 Å². The van der Waals surface area contributed by atoms with Gasteiger partial charge in [-0.1, -0.05) is 36.0 Å². The summed E-state index contributed by atoms with van der Waals surface area (Å²) in [6.07, 6.45) is 0.244. The molecule has 0 spiro atoms. The standard InChI is InChI=1S/C20H19N5O2S/c1-12-6-5-9-15(13(12)2)24-18(27)14-7-3-4-8-16(14)25-19(24)22-23-20(25)28-11-10-17(21)26/h3-9H,10-11H2,1-2H3,(H2,21,26). The number of thioether (sulfide) groups is 1. The normalized spacial score (nSPS) is 11.4. The third kappa shape index (κ3) is 2.95. The van der Waals surface area contributed by atoms with E-state index in [1.165, 1.54) is 11.8 Å². The van der Waals surface area contributed by atoms with Crippen LogP contribution in [0.3, 0.4) is 0 Å². The molecular formula is C20H19N5O2S. The maximum absolute atomic E-state index is 13.3. The minimum absolute atomic E-state index is 0.141. The number of fused-ring (bicyclic) bond motifs is 3. The van der Waals surface area contributed by atoms with Crippen LogP contribution < -0.4 is 11.3 Å². The highest BCUT2D eigenvalue weighted by Crippen LogP contribution is 2.25. The number of carbonyl (C=O) groups excluding carboxylic acids is 1. The Labute approximate surface area is 165 Å². The number of aryl methyl sites for hydroxylation is 1. The van der Waals surface area contributed by atoms with E-state index in [2.05, 4.69) is 10.2 Å². The largest absolute Gasteiger partial charge is 0.370 e. The average molecular weight is 393 g/mol. The van der Waals surface area contributed by atoms with Crippen LogP contribution in [0.15, 0.2) is 52.4 Å². The van der Waals surface area contributed by atoms with Crippen LogP contribution in [0, 0.1) is 13.8 Å². The van der Waals surface area contributed by atoms with E-state index >= 15 is 0 Å². The van der Waals surface area contributed by atoms with Crippen molar-refractivity contribution in [3.63, 3.8) is 0 Å². The molecule has 0 bridgehead atoms. The maximum atomic E-state index is 13.3. The summed E-state index contributed by atoms with van der Waals surface area (Å²) in [5.74, 6) is 0.574. The fraction of sp³-hybridized carbons (Fsp3) is 0.200. The number of hydrogen-bond acceptors (Lipinski definition) is 5. The molecule has 0 saturated carbocycles. The molecule has 2 aromatic carbocycles. The van der Waals surface area contributed by atoms with Crippen molar-refractivity contribution < 1.29 is 4.79 Å². The summed E-state index contributed by atoms with van der Waals surface area (Å²) in [7, 11) is 0. The third-order valence-electron chi connectivity index (χ3n) is 4.79. The number of primary amides is 1. The molecule has 4 aromatic rings. The summed E-state index contributed by atoms with van der Waals surface area (Å²) < 4.78 is 3.47. The molecule has 0 fully saturated rings. The van der Waals surface area contributed by atoms with Crippen LogP contribution in [0.1, 0.15) is 17.5 Å². The van der Waals surface area contributed by atoms with Gasteiger partial charge >= 0.3 is 0 Å². The molecule has 8 heteroatoms. The molecular weight excluding hydrogens is 374 g/mol. The minimum atomic E-state index is -0.363. The molecule has 0 aliphatic carbocycles. The molecule has 0 saturated heterocycles. The van der Waals surface area contributed by atoms with Crippen molar-refractivity contribution in [1.29, 1.82) is 0 Å². The summed E-state index contributed by atoms with van der Waals surface area (Å²) in [6.45, 7) is 4.00. The Kier molecular flexibility index (Phi) is 4.64. The summed E-state index contributed by atoms with van der Waals surface area (Å²) in [6, 6.07) is 13.2. The number of amides is 1. The molecule has 2 aromatic heterocycles. The van der Waals surface area contributed by atoms with Crippen molar-refractivity contribution in [2.24, 2.45) is 5.73 Å². The lowest BCUT2D eigenvalue weighted by atomic mass is 10.1. The lowest BCUT2D eigenvalue weighted by molar-refractivity contribution is -0.117. The molecule has 4 rings (SSSR count). The zero-order valence-electron chi connectivity index (χ0n) is 15.5. The predicted octanol–water partition coefficient (Wildman–Crippen LogP) is 2.62.